The largest absolute Gasteiger partial charge is 0.504 e. The summed E-state index contributed by atoms with van der Waals surface area (Å²) in [4.78, 5) is 36.0. The maximum Gasteiger partial charge on any atom is 0.503 e. The van der Waals surface area contributed by atoms with Crippen LogP contribution >= 0.6 is 11.6 Å². The highest BCUT2D eigenvalue weighted by atomic mass is 35.5. The zero-order chi connectivity index (χ0) is 23.0. The van der Waals surface area contributed by atoms with Crippen molar-refractivity contribution in [3.8, 4) is 28.3 Å². The van der Waals surface area contributed by atoms with Crippen molar-refractivity contribution in [3.05, 3.63) is 59.4 Å². The van der Waals surface area contributed by atoms with Crippen LogP contribution in [0.2, 0.25) is 5.15 Å². The number of rotatable bonds is 5. The molecule has 0 aliphatic carbocycles. The van der Waals surface area contributed by atoms with Crippen LogP contribution in [0.15, 0.2) is 48.5 Å². The Labute approximate surface area is 186 Å². The van der Waals surface area contributed by atoms with Crippen LogP contribution in [-0.2, 0) is 4.79 Å². The van der Waals surface area contributed by atoms with Crippen LogP contribution in [0.4, 0.5) is 10.5 Å². The summed E-state index contributed by atoms with van der Waals surface area (Å²) in [7, 11) is 1.46. The van der Waals surface area contributed by atoms with E-state index in [1.165, 1.54) is 17.7 Å². The van der Waals surface area contributed by atoms with E-state index in [9.17, 15) is 19.5 Å². The van der Waals surface area contributed by atoms with E-state index in [2.05, 4.69) is 5.32 Å². The molecule has 2 aromatic carbocycles. The summed E-state index contributed by atoms with van der Waals surface area (Å²) in [5.74, 6) is -1.54. The number of aromatic nitrogens is 1. The van der Waals surface area contributed by atoms with Gasteiger partial charge in [0, 0.05) is 17.3 Å². The first-order valence-electron chi connectivity index (χ1n) is 9.39. The zero-order valence-electron chi connectivity index (χ0n) is 16.7. The standard InChI is InChI=1S/C22H16ClN3O6/c1-32-16-4-2-3-14(20(16)29)12-5-7-13(8-6-12)26-17(23)11-15-19(26)21(30)25(22(31)24-15)10-9-18(27)28/h2-8,10-11H,9H2,1H3,(H2-,24,27,28,29,30,31)/p+1/b25-10-. The van der Waals surface area contributed by atoms with Crippen LogP contribution < -0.4 is 10.1 Å². The van der Waals surface area contributed by atoms with Crippen molar-refractivity contribution >= 4 is 41.4 Å². The Bertz CT molecular complexity index is 1290. The molecule has 0 atom stereocenters. The number of anilines is 1. The average molecular weight is 455 g/mol. The van der Waals surface area contributed by atoms with Gasteiger partial charge in [-0.15, -0.1) is 4.58 Å². The number of nitrogens with one attached hydrogen (secondary N) is 1. The number of aliphatic carboxylic acids is 1. The third-order valence-corrected chi connectivity index (χ3v) is 5.22. The highest BCUT2D eigenvalue weighted by Gasteiger charge is 2.39. The minimum atomic E-state index is -1.18. The normalized spacial score (nSPS) is 14.2. The fraction of sp³-hybridized carbons (Fsp3) is 0.0909. The minimum absolute atomic E-state index is 0.00151. The predicted molar refractivity (Wildman–Crippen MR) is 116 cm³/mol. The fourth-order valence-corrected chi connectivity index (χ4v) is 3.76. The quantitative estimate of drug-likeness (QED) is 0.505. The van der Waals surface area contributed by atoms with E-state index in [-0.39, 0.29) is 22.3 Å². The number of ether oxygens (including phenoxy) is 1. The van der Waals surface area contributed by atoms with Crippen LogP contribution in [0.1, 0.15) is 16.9 Å². The van der Waals surface area contributed by atoms with E-state index in [0.29, 0.717) is 27.1 Å². The van der Waals surface area contributed by atoms with E-state index in [1.54, 1.807) is 42.5 Å². The van der Waals surface area contributed by atoms with Crippen molar-refractivity contribution in [2.45, 2.75) is 6.42 Å². The summed E-state index contributed by atoms with van der Waals surface area (Å²) >= 11 is 6.36. The first kappa shape index (κ1) is 21.1. The molecule has 3 aromatic rings. The molecule has 3 N–H and O–H groups in total. The van der Waals surface area contributed by atoms with Gasteiger partial charge < -0.3 is 14.9 Å². The van der Waals surface area contributed by atoms with Crippen molar-refractivity contribution in [1.29, 1.82) is 0 Å². The second-order valence-electron chi connectivity index (χ2n) is 6.85. The molecular formula is C22H17ClN3O6+. The summed E-state index contributed by atoms with van der Waals surface area (Å²) < 4.78 is 7.31. The topological polar surface area (TPSA) is 121 Å². The number of aromatic hydroxyl groups is 1. The average Bonchev–Trinajstić information content (AvgIpc) is 3.09. The Kier molecular flexibility index (Phi) is 5.41. The molecular weight excluding hydrogens is 438 g/mol. The Hall–Kier alpha value is -4.11. The van der Waals surface area contributed by atoms with E-state index >= 15 is 0 Å². The number of benzene rings is 2. The van der Waals surface area contributed by atoms with Crippen molar-refractivity contribution < 1.29 is 33.9 Å². The molecule has 0 saturated heterocycles. The first-order chi connectivity index (χ1) is 15.3. The lowest BCUT2D eigenvalue weighted by Gasteiger charge is -2.14. The lowest BCUT2D eigenvalue weighted by Crippen LogP contribution is -2.38. The van der Waals surface area contributed by atoms with Gasteiger partial charge in [0.25, 0.3) is 0 Å². The molecule has 2 heterocycles. The van der Waals surface area contributed by atoms with Gasteiger partial charge >= 0.3 is 17.9 Å². The summed E-state index contributed by atoms with van der Waals surface area (Å²) in [6.45, 7) is 0. The van der Waals surface area contributed by atoms with Gasteiger partial charge in [0.1, 0.15) is 11.6 Å². The number of amides is 3. The van der Waals surface area contributed by atoms with Crippen molar-refractivity contribution in [1.82, 2.24) is 4.57 Å². The molecule has 9 nitrogen and oxygen atoms in total. The Morgan fingerprint density at radius 1 is 1.22 bits per heavy atom. The van der Waals surface area contributed by atoms with Gasteiger partial charge in [-0.1, -0.05) is 35.9 Å². The summed E-state index contributed by atoms with van der Waals surface area (Å²) in [6.07, 6.45) is 0.504. The molecule has 0 unspecified atom stereocenters. The number of para-hydroxylation sites is 1. The van der Waals surface area contributed by atoms with Gasteiger partial charge in [0.2, 0.25) is 0 Å². The highest BCUT2D eigenvalue weighted by Crippen LogP contribution is 2.38. The number of carboxylic acid groups (broad SMARTS) is 1. The maximum atomic E-state index is 13.0. The number of methoxy groups -OCH3 is 1. The van der Waals surface area contributed by atoms with Crippen LogP contribution in [-0.4, -0.2) is 50.6 Å². The SMILES string of the molecule is COc1cccc(-c2ccc(-n3c(Cl)cc4c3C(=O)/[N+](=C/CC(=O)O)C(=O)N4)cc2)c1O. The molecule has 1 aromatic heterocycles. The maximum absolute atomic E-state index is 13.0. The third kappa shape index (κ3) is 3.58. The molecule has 32 heavy (non-hydrogen) atoms. The molecule has 0 spiro atoms. The number of fused-ring (bicyclic) bond motifs is 1. The summed E-state index contributed by atoms with van der Waals surface area (Å²) in [6, 6.07) is 12.7. The summed E-state index contributed by atoms with van der Waals surface area (Å²) in [5, 5.41) is 22.0. The van der Waals surface area contributed by atoms with E-state index < -0.39 is 24.3 Å². The van der Waals surface area contributed by atoms with E-state index in [0.717, 1.165) is 6.21 Å². The van der Waals surface area contributed by atoms with Crippen molar-refractivity contribution in [2.24, 2.45) is 0 Å². The number of phenolic OH excluding ortho intramolecular Hbond substituents is 1. The molecule has 3 amide bonds. The number of nitrogens with zero attached hydrogens (tertiary/aromatic N) is 2. The molecule has 0 radical (unpaired) electrons. The van der Waals surface area contributed by atoms with Gasteiger partial charge in [0.05, 0.1) is 13.3 Å². The fourth-order valence-electron chi connectivity index (χ4n) is 3.46. The molecule has 10 heteroatoms. The number of imide groups is 1. The Morgan fingerprint density at radius 2 is 1.94 bits per heavy atom. The first-order valence-corrected chi connectivity index (χ1v) is 9.77. The third-order valence-electron chi connectivity index (χ3n) is 4.94. The van der Waals surface area contributed by atoms with Gasteiger partial charge in [-0.2, -0.15) is 4.79 Å². The second-order valence-corrected chi connectivity index (χ2v) is 7.24. The molecule has 1 aliphatic heterocycles. The highest BCUT2D eigenvalue weighted by molar-refractivity contribution is 6.31. The Morgan fingerprint density at radius 3 is 2.59 bits per heavy atom. The molecule has 1 aliphatic rings. The van der Waals surface area contributed by atoms with Gasteiger partial charge in [-0.3, -0.25) is 9.36 Å². The number of carboxylic acids is 1. The molecule has 4 rings (SSSR count). The number of hydrogen-bond donors (Lipinski definition) is 3. The smallest absolute Gasteiger partial charge is 0.503 e. The predicted octanol–water partition coefficient (Wildman–Crippen LogP) is 3.76. The van der Waals surface area contributed by atoms with Gasteiger partial charge in [0.15, 0.2) is 22.9 Å². The van der Waals surface area contributed by atoms with Crippen LogP contribution in [0, 0.1) is 0 Å². The van der Waals surface area contributed by atoms with Crippen molar-refractivity contribution in [3.63, 3.8) is 0 Å². The molecule has 0 fully saturated rings. The molecule has 0 saturated carbocycles. The van der Waals surface area contributed by atoms with E-state index in [1.807, 2.05) is 0 Å². The number of carbonyl (C=O) groups is 3. The second kappa shape index (κ2) is 8.20. The number of hydrogen-bond acceptors (Lipinski definition) is 5. The van der Waals surface area contributed by atoms with Crippen molar-refractivity contribution in [2.75, 3.05) is 12.4 Å². The summed E-state index contributed by atoms with van der Waals surface area (Å²) in [5.41, 5.74) is 2.12. The zero-order valence-corrected chi connectivity index (χ0v) is 17.5. The van der Waals surface area contributed by atoms with E-state index in [4.69, 9.17) is 21.4 Å². The molecule has 0 bridgehead atoms. The number of halogens is 1. The van der Waals surface area contributed by atoms with Crippen LogP contribution in [0.5, 0.6) is 11.5 Å². The number of urea groups is 1. The lowest BCUT2D eigenvalue weighted by atomic mass is 10.0. The van der Waals surface area contributed by atoms with Gasteiger partial charge in [-0.05, 0) is 23.8 Å². The minimum Gasteiger partial charge on any atom is -0.504 e. The van der Waals surface area contributed by atoms with Crippen LogP contribution in [0.25, 0.3) is 16.8 Å². The van der Waals surface area contributed by atoms with Gasteiger partial charge in [-0.25, -0.2) is 10.1 Å². The number of phenols is 1. The molecule has 162 valence electrons. The lowest BCUT2D eigenvalue weighted by molar-refractivity contribution is -0.319. The number of carbonyl (C=O) groups excluding carboxylic acids is 2. The Balaban J connectivity index is 1.76. The van der Waals surface area contributed by atoms with Crippen LogP contribution in [0.3, 0.4) is 0 Å². The monoisotopic (exact) mass is 454 g/mol.